The predicted molar refractivity (Wildman–Crippen MR) is 51.6 cm³/mol. The Morgan fingerprint density at radius 3 is 2.38 bits per heavy atom. The van der Waals surface area contributed by atoms with Gasteiger partial charge in [-0.2, -0.15) is 0 Å². The molecule has 0 aliphatic rings. The van der Waals surface area contributed by atoms with Crippen LogP contribution < -0.4 is 0 Å². The van der Waals surface area contributed by atoms with E-state index in [1.54, 1.807) is 6.92 Å². The fourth-order valence-electron chi connectivity index (χ4n) is 1.35. The van der Waals surface area contributed by atoms with Crippen LogP contribution in [0.1, 0.15) is 52.4 Å². The van der Waals surface area contributed by atoms with Crippen LogP contribution in [0.2, 0.25) is 0 Å². The van der Waals surface area contributed by atoms with Gasteiger partial charge in [-0.3, -0.25) is 4.79 Å². The Hall–Kier alpha value is -0.570. The van der Waals surface area contributed by atoms with Gasteiger partial charge < -0.3 is 10.2 Å². The third kappa shape index (κ3) is 7.78. The average molecular weight is 188 g/mol. The molecule has 0 aliphatic carbocycles. The van der Waals surface area contributed by atoms with Crippen molar-refractivity contribution in [1.29, 1.82) is 0 Å². The molecule has 0 saturated heterocycles. The van der Waals surface area contributed by atoms with Gasteiger partial charge in [-0.1, -0.05) is 32.6 Å². The Labute approximate surface area is 79.8 Å². The molecule has 0 aromatic rings. The fraction of sp³-hybridized carbons (Fsp3) is 0.900. The monoisotopic (exact) mass is 188 g/mol. The number of rotatable bonds is 7. The number of carbonyl (C=O) groups is 1. The van der Waals surface area contributed by atoms with E-state index in [0.29, 0.717) is 6.42 Å². The van der Waals surface area contributed by atoms with Gasteiger partial charge in [-0.25, -0.2) is 0 Å². The van der Waals surface area contributed by atoms with Crippen molar-refractivity contribution in [3.63, 3.8) is 0 Å². The van der Waals surface area contributed by atoms with Crippen molar-refractivity contribution < 1.29 is 15.0 Å². The molecule has 0 amide bonds. The number of aliphatic hydroxyl groups is 1. The first-order valence-electron chi connectivity index (χ1n) is 4.92. The Kier molecular flexibility index (Phi) is 5.71. The fourth-order valence-corrected chi connectivity index (χ4v) is 1.35. The summed E-state index contributed by atoms with van der Waals surface area (Å²) >= 11 is 0. The van der Waals surface area contributed by atoms with Gasteiger partial charge in [0.1, 0.15) is 0 Å². The first-order chi connectivity index (χ1) is 5.98. The predicted octanol–water partition coefficient (Wildman–Crippen LogP) is 2.18. The maximum absolute atomic E-state index is 10.3. The highest BCUT2D eigenvalue weighted by Gasteiger charge is 2.23. The molecule has 0 bridgehead atoms. The lowest BCUT2D eigenvalue weighted by atomic mass is 9.95. The van der Waals surface area contributed by atoms with Crippen LogP contribution in [-0.2, 0) is 4.79 Å². The molecule has 0 rings (SSSR count). The summed E-state index contributed by atoms with van der Waals surface area (Å²) in [6.45, 7) is 3.71. The molecule has 0 spiro atoms. The molecule has 78 valence electrons. The standard InChI is InChI=1S/C10H20O3/c1-3-4-5-6-7-10(2,13)8-9(11)12/h13H,3-8H2,1-2H3,(H,11,12). The molecule has 0 aliphatic heterocycles. The van der Waals surface area contributed by atoms with Crippen LogP contribution in [0.5, 0.6) is 0 Å². The summed E-state index contributed by atoms with van der Waals surface area (Å²) in [5, 5.41) is 18.1. The van der Waals surface area contributed by atoms with Gasteiger partial charge in [0.15, 0.2) is 0 Å². The lowest BCUT2D eigenvalue weighted by Gasteiger charge is -2.20. The van der Waals surface area contributed by atoms with Crippen LogP contribution in [-0.4, -0.2) is 21.8 Å². The molecule has 13 heavy (non-hydrogen) atoms. The average Bonchev–Trinajstić information content (AvgIpc) is 1.95. The van der Waals surface area contributed by atoms with E-state index in [2.05, 4.69) is 6.92 Å². The summed E-state index contributed by atoms with van der Waals surface area (Å²) in [6, 6.07) is 0. The first kappa shape index (κ1) is 12.4. The van der Waals surface area contributed by atoms with E-state index < -0.39 is 11.6 Å². The zero-order valence-corrected chi connectivity index (χ0v) is 8.55. The van der Waals surface area contributed by atoms with Gasteiger partial charge in [0, 0.05) is 0 Å². The lowest BCUT2D eigenvalue weighted by molar-refractivity contribution is -0.142. The van der Waals surface area contributed by atoms with Crippen LogP contribution in [0.4, 0.5) is 0 Å². The Morgan fingerprint density at radius 2 is 1.92 bits per heavy atom. The quantitative estimate of drug-likeness (QED) is 0.602. The summed E-state index contributed by atoms with van der Waals surface area (Å²) in [7, 11) is 0. The van der Waals surface area contributed by atoms with Crippen LogP contribution >= 0.6 is 0 Å². The minimum absolute atomic E-state index is 0.154. The molecule has 3 nitrogen and oxygen atoms in total. The number of carboxylic acids is 1. The SMILES string of the molecule is CCCCCCC(C)(O)CC(=O)O. The summed E-state index contributed by atoms with van der Waals surface area (Å²) in [4.78, 5) is 10.3. The number of carboxylic acid groups (broad SMARTS) is 1. The molecule has 0 heterocycles. The molecule has 3 heteroatoms. The molecular formula is C10H20O3. The van der Waals surface area contributed by atoms with E-state index in [9.17, 15) is 9.90 Å². The zero-order valence-electron chi connectivity index (χ0n) is 8.55. The number of hydrogen-bond donors (Lipinski definition) is 2. The van der Waals surface area contributed by atoms with Gasteiger partial charge in [0.25, 0.3) is 0 Å². The van der Waals surface area contributed by atoms with E-state index in [0.717, 1.165) is 25.7 Å². The van der Waals surface area contributed by atoms with Crippen LogP contribution in [0.15, 0.2) is 0 Å². The summed E-state index contributed by atoms with van der Waals surface area (Å²) in [6.07, 6.45) is 4.73. The molecule has 0 fully saturated rings. The highest BCUT2D eigenvalue weighted by Crippen LogP contribution is 2.18. The maximum Gasteiger partial charge on any atom is 0.306 e. The van der Waals surface area contributed by atoms with E-state index in [1.165, 1.54) is 0 Å². The molecule has 2 N–H and O–H groups in total. The van der Waals surface area contributed by atoms with Gasteiger partial charge in [0.05, 0.1) is 12.0 Å². The Morgan fingerprint density at radius 1 is 1.31 bits per heavy atom. The first-order valence-corrected chi connectivity index (χ1v) is 4.92. The second-order valence-electron chi connectivity index (χ2n) is 3.88. The largest absolute Gasteiger partial charge is 0.481 e. The summed E-state index contributed by atoms with van der Waals surface area (Å²) < 4.78 is 0. The van der Waals surface area contributed by atoms with Crippen molar-refractivity contribution in [2.45, 2.75) is 58.0 Å². The summed E-state index contributed by atoms with van der Waals surface area (Å²) in [5.41, 5.74) is -1.03. The molecule has 0 aromatic heterocycles. The van der Waals surface area contributed by atoms with Crippen molar-refractivity contribution in [3.8, 4) is 0 Å². The second-order valence-corrected chi connectivity index (χ2v) is 3.88. The van der Waals surface area contributed by atoms with Crippen LogP contribution in [0.3, 0.4) is 0 Å². The molecule has 0 radical (unpaired) electrons. The molecule has 0 saturated carbocycles. The van der Waals surface area contributed by atoms with Crippen molar-refractivity contribution in [3.05, 3.63) is 0 Å². The topological polar surface area (TPSA) is 57.5 Å². The van der Waals surface area contributed by atoms with Crippen molar-refractivity contribution >= 4 is 5.97 Å². The highest BCUT2D eigenvalue weighted by atomic mass is 16.4. The number of hydrogen-bond acceptors (Lipinski definition) is 2. The second kappa shape index (κ2) is 5.97. The molecule has 1 atom stereocenters. The molecule has 0 aromatic carbocycles. The third-order valence-electron chi connectivity index (χ3n) is 2.10. The van der Waals surface area contributed by atoms with E-state index in [1.807, 2.05) is 0 Å². The summed E-state index contributed by atoms with van der Waals surface area (Å²) in [5.74, 6) is -0.930. The van der Waals surface area contributed by atoms with Crippen molar-refractivity contribution in [1.82, 2.24) is 0 Å². The van der Waals surface area contributed by atoms with E-state index in [-0.39, 0.29) is 6.42 Å². The Balaban J connectivity index is 3.56. The Bertz CT molecular complexity index is 152. The van der Waals surface area contributed by atoms with Gasteiger partial charge in [-0.15, -0.1) is 0 Å². The van der Waals surface area contributed by atoms with Crippen LogP contribution in [0, 0.1) is 0 Å². The van der Waals surface area contributed by atoms with Crippen molar-refractivity contribution in [2.24, 2.45) is 0 Å². The number of aliphatic carboxylic acids is 1. The van der Waals surface area contributed by atoms with Crippen LogP contribution in [0.25, 0.3) is 0 Å². The molecular weight excluding hydrogens is 168 g/mol. The number of unbranched alkanes of at least 4 members (excludes halogenated alkanes) is 3. The van der Waals surface area contributed by atoms with E-state index in [4.69, 9.17) is 5.11 Å². The van der Waals surface area contributed by atoms with E-state index >= 15 is 0 Å². The minimum atomic E-state index is -1.03. The zero-order chi connectivity index (χ0) is 10.3. The lowest BCUT2D eigenvalue weighted by Crippen LogP contribution is -2.27. The normalized spacial score (nSPS) is 15.3. The smallest absolute Gasteiger partial charge is 0.306 e. The van der Waals surface area contributed by atoms with Gasteiger partial charge in [0.2, 0.25) is 0 Å². The third-order valence-corrected chi connectivity index (χ3v) is 2.10. The molecule has 1 unspecified atom stereocenters. The van der Waals surface area contributed by atoms with Gasteiger partial charge >= 0.3 is 5.97 Å². The maximum atomic E-state index is 10.3. The van der Waals surface area contributed by atoms with Gasteiger partial charge in [-0.05, 0) is 13.3 Å². The van der Waals surface area contributed by atoms with Crippen molar-refractivity contribution in [2.75, 3.05) is 0 Å². The minimum Gasteiger partial charge on any atom is -0.481 e. The highest BCUT2D eigenvalue weighted by molar-refractivity contribution is 5.67.